The third-order valence-corrected chi connectivity index (χ3v) is 24.6. The topological polar surface area (TPSA) is 917 Å². The average Bonchev–Trinajstić information content (AvgIpc) is 0.753. The summed E-state index contributed by atoms with van der Waals surface area (Å²) < 4.78 is 124. The lowest BCUT2D eigenvalue weighted by Crippen LogP contribution is -2.72. The second-order valence-corrected chi connectivity index (χ2v) is 33.7. The number of hydrogen-bond acceptors (Lipinski definition) is 55. The maximum atomic E-state index is 13.6. The van der Waals surface area contributed by atoms with Crippen LogP contribution >= 0.6 is 0 Å². The molecule has 0 aromatic heterocycles. The average molecular weight is 1950 g/mol. The van der Waals surface area contributed by atoms with Crippen LogP contribution in [-0.4, -0.2) is 580 Å². The zero-order valence-electron chi connectivity index (χ0n) is 71.4. The second kappa shape index (κ2) is 47.6. The molecular formula is C74H124N4O55. The Hall–Kier alpha value is -4.16. The molecule has 0 spiro atoms. The molecule has 11 rings (SSSR count). The molecule has 11 fully saturated rings. The van der Waals surface area contributed by atoms with Crippen molar-refractivity contribution in [1.82, 2.24) is 21.3 Å². The largest absolute Gasteiger partial charge is 0.394 e. The Labute approximate surface area is 752 Å². The number of carbonyl (C=O) groups is 4. The van der Waals surface area contributed by atoms with Crippen LogP contribution < -0.4 is 21.3 Å². The molecule has 59 nitrogen and oxygen atoms in total. The zero-order chi connectivity index (χ0) is 97.8. The molecule has 11 heterocycles. The molecule has 0 aromatic rings. The fourth-order valence-corrected chi connectivity index (χ4v) is 17.5. The highest BCUT2D eigenvalue weighted by Crippen LogP contribution is 2.43. The quantitative estimate of drug-likeness (QED) is 0.0284. The molecule has 59 heteroatoms. The summed E-state index contributed by atoms with van der Waals surface area (Å²) in [5, 5.41) is 344. The monoisotopic (exact) mass is 1950 g/mol. The third-order valence-electron chi connectivity index (χ3n) is 24.6. The summed E-state index contributed by atoms with van der Waals surface area (Å²) >= 11 is 0. The van der Waals surface area contributed by atoms with Gasteiger partial charge in [0.2, 0.25) is 23.6 Å². The van der Waals surface area contributed by atoms with Crippen LogP contribution in [0.15, 0.2) is 0 Å². The van der Waals surface area contributed by atoms with Crippen LogP contribution in [0.3, 0.4) is 0 Å². The fourth-order valence-electron chi connectivity index (χ4n) is 17.5. The van der Waals surface area contributed by atoms with E-state index in [0.29, 0.717) is 0 Å². The van der Waals surface area contributed by atoms with Crippen molar-refractivity contribution in [3.05, 3.63) is 0 Å². The van der Waals surface area contributed by atoms with Crippen LogP contribution in [0.25, 0.3) is 0 Å². The molecule has 133 heavy (non-hydrogen) atoms. The van der Waals surface area contributed by atoms with E-state index >= 15 is 0 Å². The van der Waals surface area contributed by atoms with Crippen LogP contribution in [0.1, 0.15) is 34.6 Å². The molecule has 11 aliphatic heterocycles. The van der Waals surface area contributed by atoms with Gasteiger partial charge in [-0.3, -0.25) is 19.2 Å². The van der Waals surface area contributed by atoms with E-state index in [-0.39, 0.29) is 0 Å². The third kappa shape index (κ3) is 23.8. The lowest BCUT2D eigenvalue weighted by Gasteiger charge is -2.52. The first kappa shape index (κ1) is 109. The van der Waals surface area contributed by atoms with Crippen LogP contribution in [0.4, 0.5) is 0 Å². The van der Waals surface area contributed by atoms with Crippen molar-refractivity contribution in [3.63, 3.8) is 0 Å². The van der Waals surface area contributed by atoms with Gasteiger partial charge >= 0.3 is 0 Å². The number of hydrogen-bond donors (Lipinski definition) is 34. The first-order chi connectivity index (χ1) is 63.0. The van der Waals surface area contributed by atoms with Crippen molar-refractivity contribution in [2.75, 3.05) is 66.1 Å². The normalized spacial score (nSPS) is 50.1. The second-order valence-electron chi connectivity index (χ2n) is 33.7. The number of carbonyl (C=O) groups excluding carboxylic acids is 4. The van der Waals surface area contributed by atoms with Crippen LogP contribution in [-0.2, 0) is 119 Å². The predicted molar refractivity (Wildman–Crippen MR) is 407 cm³/mol. The smallest absolute Gasteiger partial charge is 0.217 e. The summed E-state index contributed by atoms with van der Waals surface area (Å²) in [7, 11) is 0. The Balaban J connectivity index is 0.819. The van der Waals surface area contributed by atoms with Gasteiger partial charge < -0.3 is 274 Å². The molecule has 34 N–H and O–H groups in total. The van der Waals surface area contributed by atoms with Gasteiger partial charge in [-0.05, 0) is 6.92 Å². The zero-order valence-corrected chi connectivity index (χ0v) is 71.4. The Morgan fingerprint density at radius 2 is 0.406 bits per heavy atom. The van der Waals surface area contributed by atoms with E-state index in [9.17, 15) is 172 Å². The van der Waals surface area contributed by atoms with E-state index in [1.54, 1.807) is 0 Å². The fraction of sp³-hybridized carbons (Fsp3) is 0.946. The molecule has 4 amide bonds. The van der Waals surface area contributed by atoms with E-state index in [2.05, 4.69) is 21.3 Å². The SMILES string of the molecule is CC(=O)N[C@H]1[C@H](O[C@H]2[C@@H](O)[C@@H](CO)O[C@@H](O[C@H]3[C@H](O[C@@H]4O[C@@H](C)[C@@H](O)[C@@H](O)[C@@H]4O)[C@@H](NC(C)=O)[C@H](O[C@H]4[C@@H](O)[C@@H](CO)O[C@@H](O[C@H]5[C@H](O)[C@@H](NC(C)=O)[C@H](O[C@H]6[C@@H](O)[C@@H](CO)O[C@@H](O[C@H]7[C@H](O)[C@@H](NC(C)=O)[C@H](O[C@H]8[C@@H](O)[C@@H](CO)O[C@@H](O[C@H]9[C@H](O)[C@@H](O)[C@H](O)O[C@@H]9CO)[C@@H]8O)O[C@@H]7CO)[C@@H]6O)O[C@@H]5CO)[C@@H]4O)O[C@@H]3CO)[C@@H]2O)O[C@H](CO)[C@@H](O[C@@H]2O[C@H](CO)[C@H](O)[C@H](O)[C@H]2O)[C@@H]1O. The van der Waals surface area contributed by atoms with Gasteiger partial charge in [0, 0.05) is 27.7 Å². The minimum atomic E-state index is -2.50. The van der Waals surface area contributed by atoms with Gasteiger partial charge in [-0.2, -0.15) is 0 Å². The summed E-state index contributed by atoms with van der Waals surface area (Å²) in [6.45, 7) is -6.43. The molecule has 0 bridgehead atoms. The Morgan fingerprint density at radius 3 is 0.699 bits per heavy atom. The summed E-state index contributed by atoms with van der Waals surface area (Å²) in [4.78, 5) is 52.5. The lowest BCUT2D eigenvalue weighted by molar-refractivity contribution is -0.397. The predicted octanol–water partition coefficient (Wildman–Crippen LogP) is -23.4. The molecule has 770 valence electrons. The molecular weight excluding hydrogens is 1820 g/mol. The summed E-state index contributed by atoms with van der Waals surface area (Å²) in [6, 6.07) is -7.93. The molecule has 0 saturated carbocycles. The van der Waals surface area contributed by atoms with Crippen molar-refractivity contribution >= 4 is 23.6 Å². The summed E-state index contributed by atoms with van der Waals surface area (Å²) in [5.74, 6) is -3.92. The summed E-state index contributed by atoms with van der Waals surface area (Å²) in [6.07, 6.45) is -106. The van der Waals surface area contributed by atoms with Gasteiger partial charge in [-0.15, -0.1) is 0 Å². The van der Waals surface area contributed by atoms with Crippen molar-refractivity contribution in [3.8, 4) is 0 Å². The van der Waals surface area contributed by atoms with Gasteiger partial charge in [0.05, 0.1) is 72.2 Å². The highest BCUT2D eigenvalue weighted by Gasteiger charge is 2.64. The number of aliphatic hydroxyl groups excluding tert-OH is 30. The number of aliphatic hydroxyl groups is 30. The Bertz CT molecular complexity index is 3630. The molecule has 0 unspecified atom stereocenters. The Morgan fingerprint density at radius 1 is 0.195 bits per heavy atom. The van der Waals surface area contributed by atoms with Crippen LogP contribution in [0.2, 0.25) is 0 Å². The van der Waals surface area contributed by atoms with Crippen molar-refractivity contribution in [2.24, 2.45) is 0 Å². The van der Waals surface area contributed by atoms with Gasteiger partial charge in [0.15, 0.2) is 69.2 Å². The van der Waals surface area contributed by atoms with Crippen LogP contribution in [0, 0.1) is 0 Å². The number of ether oxygens (including phenoxy) is 21. The highest BCUT2D eigenvalue weighted by molar-refractivity contribution is 5.74. The maximum absolute atomic E-state index is 13.6. The van der Waals surface area contributed by atoms with E-state index in [0.717, 1.165) is 27.7 Å². The van der Waals surface area contributed by atoms with Crippen molar-refractivity contribution in [2.45, 2.75) is 372 Å². The van der Waals surface area contributed by atoms with Crippen molar-refractivity contribution < 1.29 is 272 Å². The molecule has 11 aliphatic rings. The maximum Gasteiger partial charge on any atom is 0.217 e. The minimum Gasteiger partial charge on any atom is -0.394 e. The first-order valence-corrected chi connectivity index (χ1v) is 42.5. The lowest BCUT2D eigenvalue weighted by atomic mass is 9.93. The molecule has 0 aliphatic carbocycles. The van der Waals surface area contributed by atoms with Gasteiger partial charge in [-0.1, -0.05) is 0 Å². The first-order valence-electron chi connectivity index (χ1n) is 42.5. The molecule has 0 radical (unpaired) electrons. The van der Waals surface area contributed by atoms with Crippen molar-refractivity contribution in [1.29, 1.82) is 0 Å². The standard InChI is InChI=1S/C74H124N4O55/c1-16-35(93)44(102)48(106)69(113-16)129-59-34(78-20(5)92)68(123-30(15-88)58(59)128-74-53(111)62(39(97)25(10-83)119-74)132-65-31(75-17(2)89)41(99)54(27(12-85)120-65)124-70-49(107)45(103)36(94)21(6-79)115-70)133-63-40(98)24(9-82)117-72(52(63)110)126-56-29(14-87)121-66(32(43(56)101)76-18(3)90)130-60-37(95)22(7-80)116-71(50(60)108)125-55-28(13-86)122-67(33(42(55)100)77-19(4)91)131-61-38(96)23(8-81)118-73(51(61)109)127-57-26(11-84)114-64(112)47(105)46(57)104/h16,21-74,79-88,93-112H,6-15H2,1-5H3,(H,75,89)(H,76,90)(H,77,91)(H,78,92)/t16-,21+,22+,23+,24+,25+,26+,27+,28+,29+,30+,31+,32+,33+,34+,35+,36-,37-,38-,39-,40-,41+,42+,43+,44+,45-,46+,47+,48-,49+,50+,51+,52+,53+,54+,55+,56+,57+,58+,59+,60-,61-,62-,63-,64+,65-,66-,67-,68-,69-,70-,71-,72-,73-,74-/m0/s1. The number of nitrogens with one attached hydrogen (secondary N) is 4. The summed E-state index contributed by atoms with van der Waals surface area (Å²) in [5.41, 5.74) is 0. The highest BCUT2D eigenvalue weighted by atomic mass is 16.8. The van der Waals surface area contributed by atoms with E-state index in [1.165, 1.54) is 6.92 Å². The molecule has 11 saturated heterocycles. The number of rotatable bonds is 34. The molecule has 0 aromatic carbocycles. The van der Waals surface area contributed by atoms with E-state index in [1.807, 2.05) is 0 Å². The van der Waals surface area contributed by atoms with Crippen LogP contribution in [0.5, 0.6) is 0 Å². The van der Waals surface area contributed by atoms with E-state index in [4.69, 9.17) is 99.5 Å². The molecule has 55 atom stereocenters. The van der Waals surface area contributed by atoms with E-state index < -0.39 is 427 Å². The van der Waals surface area contributed by atoms with Gasteiger partial charge in [-0.25, -0.2) is 0 Å². The Kier molecular flexibility index (Phi) is 39.1. The minimum absolute atomic E-state index is 0.898. The van der Waals surface area contributed by atoms with Gasteiger partial charge in [0.1, 0.15) is 262 Å². The number of amides is 4. The van der Waals surface area contributed by atoms with Gasteiger partial charge in [0.25, 0.3) is 0 Å².